The Morgan fingerprint density at radius 2 is 1.58 bits per heavy atom. The van der Waals surface area contributed by atoms with Gasteiger partial charge in [0.25, 0.3) is 0 Å². The maximum absolute atomic E-state index is 10.2. The number of hydrogen-bond donors (Lipinski definition) is 1. The maximum atomic E-state index is 10.2. The highest BCUT2D eigenvalue weighted by atomic mass is 16.7. The normalized spacial score (nSPS) is 32.5. The van der Waals surface area contributed by atoms with Crippen molar-refractivity contribution in [2.75, 3.05) is 0 Å². The van der Waals surface area contributed by atoms with Crippen LogP contribution in [0.5, 0.6) is 0 Å². The number of rotatable bonds is 5. The lowest BCUT2D eigenvalue weighted by molar-refractivity contribution is -0.257. The van der Waals surface area contributed by atoms with E-state index in [-0.39, 0.29) is 11.8 Å². The molecule has 0 spiro atoms. The minimum Gasteiger partial charge on any atom is -0.450 e. The first-order valence-corrected chi connectivity index (χ1v) is 8.59. The summed E-state index contributed by atoms with van der Waals surface area (Å²) in [6.07, 6.45) is 0.912. The summed E-state index contributed by atoms with van der Waals surface area (Å²) >= 11 is 0. The lowest BCUT2D eigenvalue weighted by atomic mass is 9.46. The Bertz CT molecular complexity index is 631. The predicted molar refractivity (Wildman–Crippen MR) is 86.3 cm³/mol. The molecule has 0 unspecified atom stereocenters. The van der Waals surface area contributed by atoms with Crippen LogP contribution in [0.4, 0.5) is 0 Å². The Balaban J connectivity index is 2.85. The van der Waals surface area contributed by atoms with E-state index >= 15 is 0 Å². The highest BCUT2D eigenvalue weighted by Crippen LogP contribution is 2.68. The van der Waals surface area contributed by atoms with E-state index in [4.69, 9.17) is 14.9 Å². The second-order valence-electron chi connectivity index (χ2n) is 6.67. The van der Waals surface area contributed by atoms with Gasteiger partial charge in [0.15, 0.2) is 10.8 Å². The third kappa shape index (κ3) is 1.69. The van der Waals surface area contributed by atoms with Crippen LogP contribution in [0.1, 0.15) is 53.4 Å². The minimum absolute atomic E-state index is 0.0549. The molecule has 2 bridgehead atoms. The van der Waals surface area contributed by atoms with E-state index < -0.39 is 28.6 Å². The molecule has 1 N–H and O–H groups in total. The van der Waals surface area contributed by atoms with Crippen LogP contribution in [-0.4, -0.2) is 18.3 Å². The summed E-state index contributed by atoms with van der Waals surface area (Å²) in [5, 5.41) is 38.6. The average molecular weight is 328 g/mol. The maximum Gasteiger partial charge on any atom is 0.209 e. The van der Waals surface area contributed by atoms with Gasteiger partial charge in [0.05, 0.1) is 29.7 Å². The molecule has 2 aliphatic rings. The molecule has 0 aromatic carbocycles. The minimum atomic E-state index is -1.76. The third-order valence-corrected chi connectivity index (χ3v) is 6.31. The quantitative estimate of drug-likeness (QED) is 0.829. The Hall–Kier alpha value is -2.10. The van der Waals surface area contributed by atoms with Crippen LogP contribution in [0.25, 0.3) is 0 Å². The van der Waals surface area contributed by atoms with E-state index in [1.54, 1.807) is 0 Å². The molecule has 0 aromatic heterocycles. The second kappa shape index (κ2) is 6.08. The van der Waals surface area contributed by atoms with Crippen LogP contribution in [0.3, 0.4) is 0 Å². The number of fused-ring (bicyclic) bond motifs is 2. The summed E-state index contributed by atoms with van der Waals surface area (Å²) in [5.74, 6) is -0.351. The summed E-state index contributed by atoms with van der Waals surface area (Å²) < 4.78 is 11.8. The Labute approximate surface area is 143 Å². The zero-order valence-corrected chi connectivity index (χ0v) is 14.7. The first kappa shape index (κ1) is 18.2. The number of nitrogens with zero attached hydrogens (tertiary/aromatic N) is 3. The molecule has 24 heavy (non-hydrogen) atoms. The molecule has 2 rings (SSSR count). The van der Waals surface area contributed by atoms with Crippen molar-refractivity contribution in [2.45, 2.75) is 65.8 Å². The summed E-state index contributed by atoms with van der Waals surface area (Å²) in [5.41, 5.74) is -4.23. The van der Waals surface area contributed by atoms with Gasteiger partial charge in [0.1, 0.15) is 0 Å². The van der Waals surface area contributed by atoms with Crippen LogP contribution < -0.4 is 0 Å². The molecule has 0 aliphatic carbocycles. The summed E-state index contributed by atoms with van der Waals surface area (Å²) in [4.78, 5) is 0. The molecule has 128 valence electrons. The Morgan fingerprint density at radius 1 is 1.04 bits per heavy atom. The summed E-state index contributed by atoms with van der Waals surface area (Å²) in [6.45, 7) is 7.74. The lowest BCUT2D eigenvalue weighted by Crippen LogP contribution is -2.65. The van der Waals surface area contributed by atoms with Crippen molar-refractivity contribution in [3.05, 3.63) is 0 Å². The molecule has 3 atom stereocenters. The molecule has 0 radical (unpaired) electrons. The smallest absolute Gasteiger partial charge is 0.209 e. The van der Waals surface area contributed by atoms with Gasteiger partial charge >= 0.3 is 0 Å². The molecule has 0 saturated carbocycles. The van der Waals surface area contributed by atoms with Crippen molar-refractivity contribution in [3.63, 3.8) is 0 Å². The number of hydrogen-bond acceptors (Lipinski definition) is 6. The van der Waals surface area contributed by atoms with Gasteiger partial charge in [-0.3, -0.25) is 5.41 Å². The van der Waals surface area contributed by atoms with E-state index in [2.05, 4.69) is 18.2 Å². The SMILES string of the molecule is CCC(CC)[C@@H]1O[C@H]2OC(=N)[C@@](C#N)(C1(C#N)C#N)C2(CC)CC. The first-order chi connectivity index (χ1) is 11.4. The van der Waals surface area contributed by atoms with Crippen LogP contribution in [-0.2, 0) is 9.47 Å². The van der Waals surface area contributed by atoms with E-state index in [1.807, 2.05) is 27.7 Å². The molecule has 0 amide bonds. The highest BCUT2D eigenvalue weighted by molar-refractivity contribution is 5.89. The highest BCUT2D eigenvalue weighted by Gasteiger charge is 2.81. The van der Waals surface area contributed by atoms with Gasteiger partial charge in [-0.15, -0.1) is 0 Å². The van der Waals surface area contributed by atoms with Gasteiger partial charge in [-0.25, -0.2) is 0 Å². The zero-order chi connectivity index (χ0) is 18.2. The van der Waals surface area contributed by atoms with Crippen molar-refractivity contribution in [1.82, 2.24) is 0 Å². The van der Waals surface area contributed by atoms with Gasteiger partial charge in [-0.1, -0.05) is 40.5 Å². The van der Waals surface area contributed by atoms with Gasteiger partial charge in [0, 0.05) is 0 Å². The fourth-order valence-electron chi connectivity index (χ4n) is 4.75. The number of nitrogens with one attached hydrogen (secondary N) is 1. The van der Waals surface area contributed by atoms with Gasteiger partial charge < -0.3 is 9.47 Å². The zero-order valence-electron chi connectivity index (χ0n) is 14.7. The van der Waals surface area contributed by atoms with E-state index in [0.717, 1.165) is 12.8 Å². The lowest BCUT2D eigenvalue weighted by Gasteiger charge is -2.53. The number of nitriles is 3. The van der Waals surface area contributed by atoms with Gasteiger partial charge in [0.2, 0.25) is 12.2 Å². The van der Waals surface area contributed by atoms with Crippen LogP contribution >= 0.6 is 0 Å². The van der Waals surface area contributed by atoms with Crippen molar-refractivity contribution >= 4 is 5.90 Å². The van der Waals surface area contributed by atoms with E-state index in [1.165, 1.54) is 0 Å². The molecule has 6 heteroatoms. The van der Waals surface area contributed by atoms with Crippen molar-refractivity contribution in [1.29, 1.82) is 21.2 Å². The van der Waals surface area contributed by atoms with Crippen LogP contribution in [0.2, 0.25) is 0 Å². The summed E-state index contributed by atoms with van der Waals surface area (Å²) in [7, 11) is 0. The molecule has 6 nitrogen and oxygen atoms in total. The standard InChI is InChI=1S/C18H24N4O2/c1-5-12(6-2)13-17(9-19,10-20)18(11-21)14(22)24-15(23-13)16(18,7-3)8-4/h12-13,15,22H,5-8H2,1-4H3/t13-,15-,18+/m0/s1. The molecule has 2 aliphatic heterocycles. The largest absolute Gasteiger partial charge is 0.450 e. The average Bonchev–Trinajstić information content (AvgIpc) is 2.79. The Morgan fingerprint density at radius 3 is 1.96 bits per heavy atom. The van der Waals surface area contributed by atoms with Gasteiger partial charge in [-0.2, -0.15) is 15.8 Å². The van der Waals surface area contributed by atoms with Gasteiger partial charge in [-0.05, 0) is 18.8 Å². The Kier molecular flexibility index (Phi) is 4.62. The van der Waals surface area contributed by atoms with Crippen molar-refractivity contribution < 1.29 is 9.47 Å². The van der Waals surface area contributed by atoms with Crippen LogP contribution in [0.15, 0.2) is 0 Å². The molecule has 0 aromatic rings. The topological polar surface area (TPSA) is 114 Å². The summed E-state index contributed by atoms with van der Waals surface area (Å²) in [6, 6.07) is 6.42. The first-order valence-electron chi connectivity index (χ1n) is 8.59. The van der Waals surface area contributed by atoms with Crippen molar-refractivity contribution in [3.8, 4) is 18.2 Å². The second-order valence-corrected chi connectivity index (χ2v) is 6.67. The molecule has 2 saturated heterocycles. The van der Waals surface area contributed by atoms with E-state index in [0.29, 0.717) is 12.8 Å². The fraction of sp³-hybridized carbons (Fsp3) is 0.778. The fourth-order valence-corrected chi connectivity index (χ4v) is 4.75. The monoisotopic (exact) mass is 328 g/mol. The molecular formula is C18H24N4O2. The molecular weight excluding hydrogens is 304 g/mol. The molecule has 2 heterocycles. The van der Waals surface area contributed by atoms with Crippen molar-refractivity contribution in [2.24, 2.45) is 22.2 Å². The van der Waals surface area contributed by atoms with E-state index in [9.17, 15) is 15.8 Å². The predicted octanol–water partition coefficient (Wildman–Crippen LogP) is 3.50. The van der Waals surface area contributed by atoms with Crippen LogP contribution in [0, 0.1) is 61.6 Å². The number of ether oxygens (including phenoxy) is 2. The third-order valence-electron chi connectivity index (χ3n) is 6.31. The molecule has 2 fully saturated rings.